The number of anilines is 1. The van der Waals surface area contributed by atoms with Crippen molar-refractivity contribution >= 4 is 34.4 Å². The van der Waals surface area contributed by atoms with Gasteiger partial charge in [0.15, 0.2) is 0 Å². The summed E-state index contributed by atoms with van der Waals surface area (Å²) in [5.41, 5.74) is -0.0460. The largest absolute Gasteiger partial charge is 0.346 e. The van der Waals surface area contributed by atoms with E-state index in [0.29, 0.717) is 0 Å². The van der Waals surface area contributed by atoms with Gasteiger partial charge >= 0.3 is 5.69 Å². The van der Waals surface area contributed by atoms with Gasteiger partial charge in [0.25, 0.3) is 0 Å². The van der Waals surface area contributed by atoms with Crippen molar-refractivity contribution in [2.75, 3.05) is 11.9 Å². The first-order valence-corrected chi connectivity index (χ1v) is 6.83. The number of halogens is 1. The monoisotopic (exact) mass is 297 g/mol. The fourth-order valence-corrected chi connectivity index (χ4v) is 2.69. The summed E-state index contributed by atoms with van der Waals surface area (Å²) in [7, 11) is 1.77. The van der Waals surface area contributed by atoms with Crippen LogP contribution in [-0.2, 0) is 0 Å². The second-order valence-corrected chi connectivity index (χ2v) is 5.40. The van der Waals surface area contributed by atoms with Gasteiger partial charge in [0.05, 0.1) is 11.0 Å². The Hall–Kier alpha value is -1.66. The van der Waals surface area contributed by atoms with E-state index in [0.717, 1.165) is 4.88 Å². The average molecular weight is 298 g/mol. The van der Waals surface area contributed by atoms with E-state index >= 15 is 0 Å². The first-order chi connectivity index (χ1) is 9.00. The minimum Gasteiger partial charge on any atom is -0.346 e. The van der Waals surface area contributed by atoms with E-state index in [1.54, 1.807) is 23.3 Å². The molecule has 5 nitrogen and oxygen atoms in total. The predicted molar refractivity (Wildman–Crippen MR) is 77.0 cm³/mol. The van der Waals surface area contributed by atoms with Crippen LogP contribution in [0.4, 0.5) is 11.5 Å². The minimum absolute atomic E-state index is 0.00957. The van der Waals surface area contributed by atoms with Crippen LogP contribution >= 0.6 is 22.9 Å². The van der Waals surface area contributed by atoms with Gasteiger partial charge in [-0.2, -0.15) is 0 Å². The number of rotatable bonds is 4. The lowest BCUT2D eigenvalue weighted by Crippen LogP contribution is -2.23. The molecule has 0 amide bonds. The van der Waals surface area contributed by atoms with E-state index < -0.39 is 4.92 Å². The molecule has 2 aromatic rings. The van der Waals surface area contributed by atoms with Crippen molar-refractivity contribution in [2.24, 2.45) is 0 Å². The first kappa shape index (κ1) is 13.8. The summed E-state index contributed by atoms with van der Waals surface area (Å²) in [6, 6.07) is 6.73. The van der Waals surface area contributed by atoms with Gasteiger partial charge in [0.2, 0.25) is 5.82 Å². The maximum absolute atomic E-state index is 11.0. The molecule has 0 saturated heterocycles. The highest BCUT2D eigenvalue weighted by atomic mass is 35.5. The molecule has 19 heavy (non-hydrogen) atoms. The molecule has 7 heteroatoms. The summed E-state index contributed by atoms with van der Waals surface area (Å²) in [6.45, 7) is 1.97. The Bertz CT molecular complexity index is 589. The fourth-order valence-electron chi connectivity index (χ4n) is 1.72. The van der Waals surface area contributed by atoms with Gasteiger partial charge < -0.3 is 4.90 Å². The zero-order valence-corrected chi connectivity index (χ0v) is 12.0. The molecule has 0 radical (unpaired) electrons. The Morgan fingerprint density at radius 2 is 2.21 bits per heavy atom. The molecule has 0 bridgehead atoms. The lowest BCUT2D eigenvalue weighted by molar-refractivity contribution is -0.384. The van der Waals surface area contributed by atoms with E-state index in [1.165, 1.54) is 12.1 Å². The van der Waals surface area contributed by atoms with Crippen LogP contribution in [0.1, 0.15) is 17.8 Å². The summed E-state index contributed by atoms with van der Waals surface area (Å²) < 4.78 is 0. The molecule has 0 spiro atoms. The SMILES string of the molecule is CC(c1cccs1)N(C)c1nc(Cl)ccc1[N+](=O)[O-]. The minimum atomic E-state index is -0.448. The van der Waals surface area contributed by atoms with E-state index in [-0.39, 0.29) is 22.7 Å². The molecular formula is C12H12ClN3O2S. The molecule has 0 aliphatic rings. The fraction of sp³-hybridized carbons (Fsp3) is 0.250. The summed E-state index contributed by atoms with van der Waals surface area (Å²) in [6.07, 6.45) is 0. The van der Waals surface area contributed by atoms with Crippen LogP contribution in [-0.4, -0.2) is 17.0 Å². The Balaban J connectivity index is 2.40. The highest BCUT2D eigenvalue weighted by molar-refractivity contribution is 7.10. The molecular weight excluding hydrogens is 286 g/mol. The number of aromatic nitrogens is 1. The van der Waals surface area contributed by atoms with Gasteiger partial charge in [0, 0.05) is 18.0 Å². The van der Waals surface area contributed by atoms with Gasteiger partial charge in [-0.25, -0.2) is 4.98 Å². The van der Waals surface area contributed by atoms with Crippen molar-refractivity contribution in [3.63, 3.8) is 0 Å². The van der Waals surface area contributed by atoms with Crippen molar-refractivity contribution in [3.8, 4) is 0 Å². The zero-order chi connectivity index (χ0) is 14.0. The number of nitrogens with zero attached hydrogens (tertiary/aromatic N) is 3. The van der Waals surface area contributed by atoms with Crippen LogP contribution in [0.3, 0.4) is 0 Å². The van der Waals surface area contributed by atoms with Gasteiger partial charge in [-0.15, -0.1) is 11.3 Å². The van der Waals surface area contributed by atoms with Gasteiger partial charge in [-0.1, -0.05) is 17.7 Å². The van der Waals surface area contributed by atoms with Crippen LogP contribution in [0.5, 0.6) is 0 Å². The maximum atomic E-state index is 11.0. The Kier molecular flexibility index (Phi) is 4.01. The molecule has 1 unspecified atom stereocenters. The highest BCUT2D eigenvalue weighted by Gasteiger charge is 2.23. The third-order valence-corrected chi connectivity index (χ3v) is 4.14. The molecule has 2 rings (SSSR count). The summed E-state index contributed by atoms with van der Waals surface area (Å²) >= 11 is 7.44. The Labute approximate surface area is 119 Å². The molecule has 0 aromatic carbocycles. The molecule has 0 aliphatic heterocycles. The smallest absolute Gasteiger partial charge is 0.311 e. The van der Waals surface area contributed by atoms with E-state index in [9.17, 15) is 10.1 Å². The molecule has 100 valence electrons. The highest BCUT2D eigenvalue weighted by Crippen LogP contribution is 2.33. The molecule has 0 fully saturated rings. The summed E-state index contributed by atoms with van der Waals surface area (Å²) in [5, 5.41) is 13.3. The van der Waals surface area contributed by atoms with E-state index in [2.05, 4.69) is 4.98 Å². The number of hydrogen-bond donors (Lipinski definition) is 0. The first-order valence-electron chi connectivity index (χ1n) is 5.58. The molecule has 0 aliphatic carbocycles. The van der Waals surface area contributed by atoms with Crippen LogP contribution in [0.25, 0.3) is 0 Å². The molecule has 2 aromatic heterocycles. The maximum Gasteiger partial charge on any atom is 0.311 e. The normalized spacial score (nSPS) is 12.2. The summed E-state index contributed by atoms with van der Waals surface area (Å²) in [5.74, 6) is 0.276. The Morgan fingerprint density at radius 1 is 1.47 bits per heavy atom. The quantitative estimate of drug-likeness (QED) is 0.488. The average Bonchev–Trinajstić information content (AvgIpc) is 2.90. The summed E-state index contributed by atoms with van der Waals surface area (Å²) in [4.78, 5) is 17.5. The van der Waals surface area contributed by atoms with Crippen molar-refractivity contribution in [2.45, 2.75) is 13.0 Å². The Morgan fingerprint density at radius 3 is 2.79 bits per heavy atom. The van der Waals surface area contributed by atoms with E-state index in [1.807, 2.05) is 24.4 Å². The number of thiophene rings is 1. The number of nitro groups is 1. The van der Waals surface area contributed by atoms with Gasteiger partial charge in [-0.3, -0.25) is 10.1 Å². The van der Waals surface area contributed by atoms with Gasteiger partial charge in [0.1, 0.15) is 5.15 Å². The molecule has 2 heterocycles. The molecule has 0 N–H and O–H groups in total. The van der Waals surface area contributed by atoms with Crippen LogP contribution in [0.15, 0.2) is 29.6 Å². The lowest BCUT2D eigenvalue weighted by Gasteiger charge is -2.24. The lowest BCUT2D eigenvalue weighted by atomic mass is 10.2. The second kappa shape index (κ2) is 5.54. The molecule has 1 atom stereocenters. The second-order valence-electron chi connectivity index (χ2n) is 4.04. The standard InChI is InChI=1S/C12H12ClN3O2S/c1-8(10-4-3-7-19-10)15(2)12-9(16(17)18)5-6-11(13)14-12/h3-8H,1-2H3. The van der Waals surface area contributed by atoms with Crippen LogP contribution < -0.4 is 4.90 Å². The molecule has 0 saturated carbocycles. The topological polar surface area (TPSA) is 59.3 Å². The number of hydrogen-bond acceptors (Lipinski definition) is 5. The zero-order valence-electron chi connectivity index (χ0n) is 10.4. The predicted octanol–water partition coefficient (Wildman–Crippen LogP) is 3.90. The van der Waals surface area contributed by atoms with Crippen molar-refractivity contribution in [3.05, 3.63) is 49.8 Å². The van der Waals surface area contributed by atoms with Crippen molar-refractivity contribution in [1.82, 2.24) is 4.98 Å². The van der Waals surface area contributed by atoms with Crippen LogP contribution in [0.2, 0.25) is 5.15 Å². The van der Waals surface area contributed by atoms with E-state index in [4.69, 9.17) is 11.6 Å². The third-order valence-electron chi connectivity index (χ3n) is 2.89. The van der Waals surface area contributed by atoms with Crippen LogP contribution in [0, 0.1) is 10.1 Å². The third kappa shape index (κ3) is 2.85. The van der Waals surface area contributed by atoms with Crippen molar-refractivity contribution in [1.29, 1.82) is 0 Å². The van der Waals surface area contributed by atoms with Crippen molar-refractivity contribution < 1.29 is 4.92 Å². The van der Waals surface area contributed by atoms with Gasteiger partial charge in [-0.05, 0) is 24.4 Å². The number of pyridine rings is 1.